The number of ether oxygens (including phenoxy) is 1. The number of hydrogen-bond acceptors (Lipinski definition) is 9. The maximum absolute atomic E-state index is 15.1. The van der Waals surface area contributed by atoms with E-state index < -0.39 is 53.5 Å². The number of halogens is 7. The molecular weight excluding hydrogens is 1410 g/mol. The van der Waals surface area contributed by atoms with Gasteiger partial charge in [-0.05, 0) is 189 Å². The maximum Gasteiger partial charge on any atom is 0.274 e. The Kier molecular flexibility index (Phi) is 23.1. The van der Waals surface area contributed by atoms with Gasteiger partial charge in [0.2, 0.25) is 0 Å². The van der Waals surface area contributed by atoms with Crippen molar-refractivity contribution >= 4 is 17.7 Å². The molecule has 7 aromatic carbocycles. The first-order valence-electron chi connectivity index (χ1n) is 39.0. The normalized spacial score (nSPS) is 20.9. The predicted molar refractivity (Wildman–Crippen MR) is 402 cm³/mol. The van der Waals surface area contributed by atoms with Crippen molar-refractivity contribution in [1.29, 1.82) is 0 Å². The van der Waals surface area contributed by atoms with Gasteiger partial charge in [-0.2, -0.15) is 15.3 Å². The van der Waals surface area contributed by atoms with Gasteiger partial charge in [0.1, 0.15) is 40.5 Å². The van der Waals surface area contributed by atoms with Crippen LogP contribution in [0.25, 0.3) is 11.4 Å². The summed E-state index contributed by atoms with van der Waals surface area (Å²) in [5.41, 5.74) is 13.2. The highest BCUT2D eigenvalue weighted by atomic mass is 19.2. The molecule has 572 valence electrons. The molecule has 3 aromatic heterocycles. The van der Waals surface area contributed by atoms with E-state index in [2.05, 4.69) is 25.5 Å². The van der Waals surface area contributed by atoms with E-state index in [0.717, 1.165) is 157 Å². The van der Waals surface area contributed by atoms with E-state index in [1.54, 1.807) is 23.1 Å². The van der Waals surface area contributed by atoms with Gasteiger partial charge in [-0.1, -0.05) is 123 Å². The molecule has 7 aliphatic rings. The number of nitrogens with one attached hydrogen (secondary N) is 2. The van der Waals surface area contributed by atoms with E-state index in [4.69, 9.17) is 9.84 Å². The first kappa shape index (κ1) is 75.4. The molecule has 15 nitrogen and oxygen atoms in total. The van der Waals surface area contributed by atoms with Crippen LogP contribution in [0.1, 0.15) is 230 Å². The summed E-state index contributed by atoms with van der Waals surface area (Å²) in [6.07, 6.45) is 17.6. The number of fused-ring (bicyclic) bond motifs is 5. The van der Waals surface area contributed by atoms with Crippen LogP contribution in [0.3, 0.4) is 0 Å². The Balaban J connectivity index is 0.000000131. The second kappa shape index (κ2) is 33.7. The molecule has 0 spiro atoms. The van der Waals surface area contributed by atoms with Crippen molar-refractivity contribution in [3.05, 3.63) is 288 Å². The van der Waals surface area contributed by atoms with Gasteiger partial charge in [-0.25, -0.2) is 40.1 Å². The molecule has 0 bridgehead atoms. The van der Waals surface area contributed by atoms with Crippen LogP contribution in [0.5, 0.6) is 0 Å². The maximum atomic E-state index is 15.1. The molecule has 4 heterocycles. The van der Waals surface area contributed by atoms with Crippen LogP contribution >= 0.6 is 0 Å². The van der Waals surface area contributed by atoms with Crippen LogP contribution in [0.4, 0.5) is 30.7 Å². The zero-order valence-electron chi connectivity index (χ0n) is 61.3. The summed E-state index contributed by atoms with van der Waals surface area (Å²) >= 11 is 0. The Morgan fingerprint density at radius 1 is 0.427 bits per heavy atom. The van der Waals surface area contributed by atoms with Crippen molar-refractivity contribution in [1.82, 2.24) is 44.9 Å². The molecule has 7 atom stereocenters. The lowest BCUT2D eigenvalue weighted by molar-refractivity contribution is 0.0298. The molecule has 6 aliphatic carbocycles. The first-order chi connectivity index (χ1) is 53.5. The van der Waals surface area contributed by atoms with Crippen LogP contribution < -0.4 is 10.6 Å². The molecular formula is C88H90F7N9O6. The fourth-order valence-corrected chi connectivity index (χ4v) is 17.9. The molecule has 17 rings (SSSR count). The molecule has 0 radical (unpaired) electrons. The Morgan fingerprint density at radius 2 is 0.855 bits per heavy atom. The number of carbonyl (C=O) groups is 3. The van der Waals surface area contributed by atoms with Crippen LogP contribution in [0, 0.1) is 40.7 Å². The smallest absolute Gasteiger partial charge is 0.274 e. The van der Waals surface area contributed by atoms with Gasteiger partial charge in [-0.15, -0.1) is 0 Å². The summed E-state index contributed by atoms with van der Waals surface area (Å²) in [5, 5.41) is 41.9. The number of aromatic nitrogens is 6. The molecule has 110 heavy (non-hydrogen) atoms. The van der Waals surface area contributed by atoms with E-state index in [1.165, 1.54) is 95.0 Å². The third-order valence-corrected chi connectivity index (χ3v) is 23.2. The molecule has 4 N–H and O–H groups in total. The van der Waals surface area contributed by atoms with Gasteiger partial charge < -0.3 is 30.5 Å². The van der Waals surface area contributed by atoms with Gasteiger partial charge in [0.25, 0.3) is 17.7 Å². The summed E-state index contributed by atoms with van der Waals surface area (Å²) in [6, 6.07) is 41.1. The van der Waals surface area contributed by atoms with Crippen molar-refractivity contribution in [2.45, 2.75) is 189 Å². The number of rotatable bonds is 14. The van der Waals surface area contributed by atoms with Crippen molar-refractivity contribution in [2.75, 3.05) is 26.3 Å². The molecule has 1 saturated carbocycles. The van der Waals surface area contributed by atoms with E-state index in [9.17, 15) is 50.9 Å². The number of carbonyl (C=O) groups excluding carboxylic acids is 3. The zero-order chi connectivity index (χ0) is 76.1. The topological polar surface area (TPSA) is 182 Å². The molecule has 2 unspecified atom stereocenters. The summed E-state index contributed by atoms with van der Waals surface area (Å²) in [5.74, 6) is -4.57. The largest absolute Gasteiger partial charge is 0.390 e. The molecule has 1 saturated heterocycles. The fourth-order valence-electron chi connectivity index (χ4n) is 17.9. The summed E-state index contributed by atoms with van der Waals surface area (Å²) in [7, 11) is 0. The molecule has 3 amide bonds. The molecule has 10 aromatic rings. The molecule has 1 aliphatic heterocycles. The van der Waals surface area contributed by atoms with Crippen LogP contribution in [-0.2, 0) is 56.1 Å². The highest BCUT2D eigenvalue weighted by Crippen LogP contribution is 2.44. The third kappa shape index (κ3) is 16.4. The SMILES string of the molecule is O=C(N[C@@H]1c2ccccc2C[C@@H]1O)c1nn(-c2ccc(F)cc2F)c2c1CCCCC2Cc1ccc(F)cc1.O=C(N[C@@H]1c2ccccc2C[C@@H]1O)c1nn(C2CCCCC2)c2c1CCCC[C@@H]2Cc1ccc(F)cc1.O=C(c1nn(-c2ccc(F)cc2F)c2c1CCCCC2Cc1cccc(F)c1)N1CCOCC1. The first-order valence-corrected chi connectivity index (χ1v) is 39.0. The monoisotopic (exact) mass is 1500 g/mol. The van der Waals surface area contributed by atoms with Gasteiger partial charge in [0.15, 0.2) is 28.7 Å². The van der Waals surface area contributed by atoms with Gasteiger partial charge in [-0.3, -0.25) is 19.1 Å². The number of amides is 3. The Labute approximate surface area is 634 Å². The fraction of sp³-hybridized carbons (Fsp3) is 0.386. The minimum absolute atomic E-state index is 0.0592. The average molecular weight is 1500 g/mol. The number of aliphatic hydroxyl groups excluding tert-OH is 2. The highest BCUT2D eigenvalue weighted by Gasteiger charge is 2.40. The average Bonchev–Trinajstić information content (AvgIpc) is 1.62. The summed E-state index contributed by atoms with van der Waals surface area (Å²) < 4.78 is 109. The number of nitrogens with zero attached hydrogens (tertiary/aromatic N) is 7. The van der Waals surface area contributed by atoms with Crippen molar-refractivity contribution < 1.29 is 60.1 Å². The molecule has 2 fully saturated rings. The van der Waals surface area contributed by atoms with E-state index in [-0.39, 0.29) is 64.1 Å². The number of aliphatic hydroxyl groups is 2. The Morgan fingerprint density at radius 3 is 1.35 bits per heavy atom. The molecule has 22 heteroatoms. The lowest BCUT2D eigenvalue weighted by Crippen LogP contribution is -2.41. The van der Waals surface area contributed by atoms with Gasteiger partial charge in [0, 0.05) is 78.2 Å². The minimum atomic E-state index is -0.780. The Hall–Kier alpha value is -10.0. The van der Waals surface area contributed by atoms with Gasteiger partial charge >= 0.3 is 0 Å². The Bertz CT molecular complexity index is 4970. The predicted octanol–water partition coefficient (Wildman–Crippen LogP) is 16.5. The number of hydrogen-bond donors (Lipinski definition) is 4. The van der Waals surface area contributed by atoms with Crippen molar-refractivity contribution in [2.24, 2.45) is 0 Å². The lowest BCUT2D eigenvalue weighted by atomic mass is 9.89. The summed E-state index contributed by atoms with van der Waals surface area (Å²) in [4.78, 5) is 42.7. The van der Waals surface area contributed by atoms with Crippen LogP contribution in [0.15, 0.2) is 158 Å². The lowest BCUT2D eigenvalue weighted by Gasteiger charge is -2.27. The van der Waals surface area contributed by atoms with Gasteiger partial charge in [0.05, 0.1) is 54.9 Å². The number of benzene rings is 7. The number of morpholine rings is 1. The van der Waals surface area contributed by atoms with E-state index >= 15 is 4.39 Å². The quantitative estimate of drug-likeness (QED) is 0.0608. The van der Waals surface area contributed by atoms with Crippen molar-refractivity contribution in [3.63, 3.8) is 0 Å². The van der Waals surface area contributed by atoms with E-state index in [1.807, 2.05) is 66.7 Å². The summed E-state index contributed by atoms with van der Waals surface area (Å²) in [6.45, 7) is 1.86. The second-order valence-electron chi connectivity index (χ2n) is 30.5. The van der Waals surface area contributed by atoms with Crippen LogP contribution in [-0.4, -0.2) is 101 Å². The van der Waals surface area contributed by atoms with Crippen LogP contribution in [0.2, 0.25) is 0 Å². The second-order valence-corrected chi connectivity index (χ2v) is 30.5. The zero-order valence-corrected chi connectivity index (χ0v) is 61.3. The highest BCUT2D eigenvalue weighted by molar-refractivity contribution is 5.96. The minimum Gasteiger partial charge on any atom is -0.390 e. The van der Waals surface area contributed by atoms with Crippen molar-refractivity contribution in [3.8, 4) is 11.4 Å². The van der Waals surface area contributed by atoms with E-state index in [0.29, 0.717) is 88.0 Å². The standard InChI is InChI=1S/C31H28F3N3O2.C31H36FN3O2.C26H26F3N3O2/c32-21-11-9-18(10-12-21)15-20-6-2-4-8-24-29(36-37(30(20)24)26-14-13-22(33)17-25(26)34)31(39)35-28-23-7-3-1-5-19(23)16-27(28)38;32-23-16-14-20(15-17-23)18-22-9-5-7-13-26-29(34-35(30(22)26)24-10-2-1-3-11-24)31(37)33-28-25-12-6-4-8-21(25)19-27(28)36;27-19-6-3-4-17(15-19)14-18-5-1-2-7-21-24(26(33)31-10-12-34-13-11-31)30-32(25(18)21)23-9-8-20(28)16-22(23)29/h1,3,5,7,9-14,17,20,27-28,38H,2,4,6,8,15-16H2,(H,35,39);4,6,8,12,14-17,22,24,27-28,36H,1-3,5,7,9-11,13,18-19H2,(H,33,37);3-4,6,8-9,15-16,18H,1-2,5,7,10-14H2/t20?,27-,28+;22-,27+,28-;/m01./s1. The third-order valence-electron chi connectivity index (χ3n) is 23.2.